The SMILES string of the molecule is NC1CCCN1c1nc(-c2c[nH]c3ncc(Cl)cc23)ncc1O. The van der Waals surface area contributed by atoms with Crippen molar-refractivity contribution in [1.29, 1.82) is 0 Å². The molecule has 7 nitrogen and oxygen atoms in total. The Morgan fingerprint density at radius 3 is 3.00 bits per heavy atom. The highest BCUT2D eigenvalue weighted by atomic mass is 35.5. The number of halogens is 1. The number of hydrogen-bond donors (Lipinski definition) is 3. The summed E-state index contributed by atoms with van der Waals surface area (Å²) >= 11 is 6.03. The monoisotopic (exact) mass is 330 g/mol. The van der Waals surface area contributed by atoms with Crippen LogP contribution in [-0.4, -0.2) is 37.8 Å². The van der Waals surface area contributed by atoms with Crippen LogP contribution in [0.5, 0.6) is 5.75 Å². The van der Waals surface area contributed by atoms with Gasteiger partial charge in [0, 0.05) is 29.9 Å². The summed E-state index contributed by atoms with van der Waals surface area (Å²) in [7, 11) is 0. The number of fused-ring (bicyclic) bond motifs is 1. The summed E-state index contributed by atoms with van der Waals surface area (Å²) in [5, 5.41) is 11.5. The van der Waals surface area contributed by atoms with Crippen LogP contribution in [0.4, 0.5) is 5.82 Å². The lowest BCUT2D eigenvalue weighted by Crippen LogP contribution is -2.37. The molecule has 0 aliphatic carbocycles. The van der Waals surface area contributed by atoms with Crippen LogP contribution in [0.25, 0.3) is 22.4 Å². The van der Waals surface area contributed by atoms with Crippen LogP contribution in [0.2, 0.25) is 5.02 Å². The summed E-state index contributed by atoms with van der Waals surface area (Å²) in [5.41, 5.74) is 7.57. The van der Waals surface area contributed by atoms with Gasteiger partial charge in [-0.05, 0) is 18.9 Å². The number of pyridine rings is 1. The summed E-state index contributed by atoms with van der Waals surface area (Å²) in [6, 6.07) is 1.81. The number of aromatic hydroxyl groups is 1. The summed E-state index contributed by atoms with van der Waals surface area (Å²) in [5.74, 6) is 0.985. The standard InChI is InChI=1S/C15H15ClN6O/c16-8-4-9-10(6-19-13(9)18-5-8)14-20-7-11(23)15(21-14)22-3-1-2-12(22)17/h4-7,12,23H,1-3,17H2,(H,18,19). The van der Waals surface area contributed by atoms with Gasteiger partial charge in [-0.25, -0.2) is 15.0 Å². The molecule has 1 fully saturated rings. The van der Waals surface area contributed by atoms with E-state index in [0.29, 0.717) is 22.3 Å². The lowest BCUT2D eigenvalue weighted by Gasteiger charge is -2.23. The second kappa shape index (κ2) is 5.36. The molecule has 0 bridgehead atoms. The van der Waals surface area contributed by atoms with Crippen molar-refractivity contribution in [2.75, 3.05) is 11.4 Å². The summed E-state index contributed by atoms with van der Waals surface area (Å²) < 4.78 is 0. The molecule has 3 aromatic heterocycles. The number of nitrogens with two attached hydrogens (primary N) is 1. The maximum atomic E-state index is 10.1. The number of hydrogen-bond acceptors (Lipinski definition) is 6. The molecule has 4 N–H and O–H groups in total. The zero-order valence-corrected chi connectivity index (χ0v) is 13.0. The Balaban J connectivity index is 1.84. The van der Waals surface area contributed by atoms with Gasteiger partial charge in [-0.15, -0.1) is 0 Å². The van der Waals surface area contributed by atoms with Crippen LogP contribution >= 0.6 is 11.6 Å². The van der Waals surface area contributed by atoms with Gasteiger partial charge in [0.05, 0.1) is 17.4 Å². The lowest BCUT2D eigenvalue weighted by atomic mass is 10.2. The first-order valence-electron chi connectivity index (χ1n) is 7.35. The molecule has 4 rings (SSSR count). The van der Waals surface area contributed by atoms with Gasteiger partial charge in [-0.3, -0.25) is 0 Å². The van der Waals surface area contributed by atoms with E-state index in [1.54, 1.807) is 12.4 Å². The quantitative estimate of drug-likeness (QED) is 0.666. The highest BCUT2D eigenvalue weighted by Gasteiger charge is 2.25. The zero-order chi connectivity index (χ0) is 16.0. The van der Waals surface area contributed by atoms with Gasteiger partial charge >= 0.3 is 0 Å². The first-order chi connectivity index (χ1) is 11.1. The number of anilines is 1. The average Bonchev–Trinajstić information content (AvgIpc) is 3.14. The Hall–Kier alpha value is -2.38. The molecule has 23 heavy (non-hydrogen) atoms. The molecule has 1 saturated heterocycles. The van der Waals surface area contributed by atoms with Crippen LogP contribution < -0.4 is 10.6 Å². The van der Waals surface area contributed by atoms with Gasteiger partial charge in [0.2, 0.25) is 0 Å². The van der Waals surface area contributed by atoms with E-state index >= 15 is 0 Å². The summed E-state index contributed by atoms with van der Waals surface area (Å²) in [6.45, 7) is 0.770. The third-order valence-corrected chi connectivity index (χ3v) is 4.27. The van der Waals surface area contributed by atoms with Gasteiger partial charge in [-0.2, -0.15) is 0 Å². The van der Waals surface area contributed by atoms with Gasteiger partial charge in [-0.1, -0.05) is 11.6 Å². The molecular weight excluding hydrogens is 316 g/mol. The second-order valence-corrected chi connectivity index (χ2v) is 5.99. The number of nitrogens with one attached hydrogen (secondary N) is 1. The molecular formula is C15H15ClN6O. The number of aromatic nitrogens is 4. The lowest BCUT2D eigenvalue weighted by molar-refractivity contribution is 0.467. The molecule has 118 valence electrons. The molecule has 8 heteroatoms. The molecule has 0 aromatic carbocycles. The van der Waals surface area contributed by atoms with E-state index in [1.165, 1.54) is 6.20 Å². The largest absolute Gasteiger partial charge is 0.503 e. The third-order valence-electron chi connectivity index (χ3n) is 4.06. The van der Waals surface area contributed by atoms with Gasteiger partial charge in [0.25, 0.3) is 0 Å². The van der Waals surface area contributed by atoms with Crippen molar-refractivity contribution in [2.45, 2.75) is 19.0 Å². The summed E-state index contributed by atoms with van der Waals surface area (Å²) in [6.07, 6.45) is 6.49. The van der Waals surface area contributed by atoms with Crippen LogP contribution in [0.3, 0.4) is 0 Å². The first kappa shape index (κ1) is 14.2. The van der Waals surface area contributed by atoms with Crippen molar-refractivity contribution < 1.29 is 5.11 Å². The van der Waals surface area contributed by atoms with Crippen molar-refractivity contribution in [3.05, 3.63) is 29.7 Å². The highest BCUT2D eigenvalue weighted by molar-refractivity contribution is 6.31. The van der Waals surface area contributed by atoms with Crippen LogP contribution in [0, 0.1) is 0 Å². The molecule has 0 radical (unpaired) electrons. The maximum absolute atomic E-state index is 10.1. The van der Waals surface area contributed by atoms with E-state index in [0.717, 1.165) is 30.3 Å². The van der Waals surface area contributed by atoms with Gasteiger partial charge < -0.3 is 20.7 Å². The van der Waals surface area contributed by atoms with Crippen molar-refractivity contribution in [1.82, 2.24) is 19.9 Å². The van der Waals surface area contributed by atoms with Crippen molar-refractivity contribution in [3.63, 3.8) is 0 Å². The van der Waals surface area contributed by atoms with E-state index in [4.69, 9.17) is 17.3 Å². The summed E-state index contributed by atoms with van der Waals surface area (Å²) in [4.78, 5) is 18.0. The van der Waals surface area contributed by atoms with Crippen molar-refractivity contribution in [3.8, 4) is 17.1 Å². The molecule has 1 aliphatic heterocycles. The molecule has 0 amide bonds. The molecule has 0 saturated carbocycles. The predicted octanol–water partition coefficient (Wildman–Crippen LogP) is 2.26. The Morgan fingerprint density at radius 1 is 1.35 bits per heavy atom. The minimum absolute atomic E-state index is 0.0297. The smallest absolute Gasteiger partial charge is 0.177 e. The Labute approximate surface area is 137 Å². The van der Waals surface area contributed by atoms with E-state index in [9.17, 15) is 5.11 Å². The number of nitrogens with zero attached hydrogens (tertiary/aromatic N) is 4. The van der Waals surface area contributed by atoms with Crippen molar-refractivity contribution in [2.24, 2.45) is 5.73 Å². The fraction of sp³-hybridized carbons (Fsp3) is 0.267. The van der Waals surface area contributed by atoms with E-state index in [-0.39, 0.29) is 11.9 Å². The van der Waals surface area contributed by atoms with Crippen LogP contribution in [-0.2, 0) is 0 Å². The van der Waals surface area contributed by atoms with Gasteiger partial charge in [0.15, 0.2) is 17.4 Å². The number of aromatic amines is 1. The predicted molar refractivity (Wildman–Crippen MR) is 88.3 cm³/mol. The molecule has 4 heterocycles. The Kier molecular flexibility index (Phi) is 3.32. The fourth-order valence-corrected chi connectivity index (χ4v) is 3.08. The molecule has 1 aliphatic rings. The Morgan fingerprint density at radius 2 is 2.22 bits per heavy atom. The maximum Gasteiger partial charge on any atom is 0.177 e. The normalized spacial score (nSPS) is 18.0. The second-order valence-electron chi connectivity index (χ2n) is 5.56. The molecule has 1 unspecified atom stereocenters. The molecule has 1 atom stereocenters. The molecule has 3 aromatic rings. The minimum atomic E-state index is -0.136. The fourth-order valence-electron chi connectivity index (χ4n) is 2.93. The Bertz CT molecular complexity index is 880. The first-order valence-corrected chi connectivity index (χ1v) is 7.72. The zero-order valence-electron chi connectivity index (χ0n) is 12.2. The number of rotatable bonds is 2. The minimum Gasteiger partial charge on any atom is -0.503 e. The van der Waals surface area contributed by atoms with E-state index in [1.807, 2.05) is 11.0 Å². The van der Waals surface area contributed by atoms with Crippen molar-refractivity contribution >= 4 is 28.5 Å². The van der Waals surface area contributed by atoms with Gasteiger partial charge in [0.1, 0.15) is 5.65 Å². The van der Waals surface area contributed by atoms with Crippen LogP contribution in [0.15, 0.2) is 24.7 Å². The number of H-pyrrole nitrogens is 1. The third kappa shape index (κ3) is 2.38. The average molecular weight is 331 g/mol. The van der Waals surface area contributed by atoms with E-state index < -0.39 is 0 Å². The molecule has 0 spiro atoms. The highest BCUT2D eigenvalue weighted by Crippen LogP contribution is 2.33. The van der Waals surface area contributed by atoms with E-state index in [2.05, 4.69) is 19.9 Å². The van der Waals surface area contributed by atoms with Crippen LogP contribution in [0.1, 0.15) is 12.8 Å². The topological polar surface area (TPSA) is 104 Å².